The molecule has 1 amide bonds. The maximum atomic E-state index is 12.4. The smallest absolute Gasteiger partial charge is 0.287 e. The molecule has 0 atom stereocenters. The molecule has 0 bridgehead atoms. The molecular formula is C19H10Cl2N3O6-. The number of halogens is 2. The van der Waals surface area contributed by atoms with E-state index in [9.17, 15) is 24.8 Å². The summed E-state index contributed by atoms with van der Waals surface area (Å²) in [5.74, 6) is -2.13. The van der Waals surface area contributed by atoms with Crippen molar-refractivity contribution in [1.29, 1.82) is 0 Å². The number of carboxylic acid groups (broad SMARTS) is 1. The van der Waals surface area contributed by atoms with E-state index >= 15 is 0 Å². The largest absolute Gasteiger partial charge is 0.545 e. The summed E-state index contributed by atoms with van der Waals surface area (Å²) in [6.07, 6.45) is 0.999. The standard InChI is InChI=1S/C19H11Cl2N3O6/c20-10-1-4-13(15(21)7-10)18(25)23-16-5-3-12(8-14(16)19(26)27)30-17-6-2-11(9-22-17)24(28)29/h1-9H,(H,23,25)(H,26,27)/p-1. The fourth-order valence-electron chi connectivity index (χ4n) is 2.39. The van der Waals surface area contributed by atoms with Gasteiger partial charge in [-0.1, -0.05) is 23.2 Å². The van der Waals surface area contributed by atoms with Gasteiger partial charge in [0.1, 0.15) is 11.9 Å². The van der Waals surface area contributed by atoms with Crippen LogP contribution >= 0.6 is 23.2 Å². The minimum absolute atomic E-state index is 0.00892. The first-order chi connectivity index (χ1) is 14.2. The number of benzene rings is 2. The summed E-state index contributed by atoms with van der Waals surface area (Å²) in [5.41, 5.74) is -0.527. The van der Waals surface area contributed by atoms with Gasteiger partial charge in [0.15, 0.2) is 0 Å². The molecule has 0 radical (unpaired) electrons. The SMILES string of the molecule is O=C(Nc1ccc(Oc2ccc([N+](=O)[O-])cn2)cc1C(=O)[O-])c1ccc(Cl)cc1Cl. The molecule has 152 valence electrons. The number of rotatable bonds is 6. The summed E-state index contributed by atoms with van der Waals surface area (Å²) < 4.78 is 5.41. The number of aromatic nitrogens is 1. The van der Waals surface area contributed by atoms with Crippen LogP contribution in [0.5, 0.6) is 11.6 Å². The lowest BCUT2D eigenvalue weighted by atomic mass is 10.1. The average molecular weight is 447 g/mol. The van der Waals surface area contributed by atoms with E-state index in [1.807, 2.05) is 0 Å². The molecule has 1 N–H and O–H groups in total. The van der Waals surface area contributed by atoms with E-state index in [4.69, 9.17) is 27.9 Å². The number of carbonyl (C=O) groups is 2. The van der Waals surface area contributed by atoms with Gasteiger partial charge < -0.3 is 20.0 Å². The lowest BCUT2D eigenvalue weighted by molar-refractivity contribution is -0.385. The van der Waals surface area contributed by atoms with Crippen molar-refractivity contribution < 1.29 is 24.4 Å². The van der Waals surface area contributed by atoms with Crippen molar-refractivity contribution in [3.63, 3.8) is 0 Å². The van der Waals surface area contributed by atoms with Crippen LogP contribution in [-0.2, 0) is 0 Å². The number of pyridine rings is 1. The van der Waals surface area contributed by atoms with Crippen molar-refractivity contribution in [2.24, 2.45) is 0 Å². The van der Waals surface area contributed by atoms with Crippen LogP contribution in [-0.4, -0.2) is 21.8 Å². The summed E-state index contributed by atoms with van der Waals surface area (Å²) in [6, 6.07) is 10.5. The van der Waals surface area contributed by atoms with E-state index in [2.05, 4.69) is 10.3 Å². The Labute approximate surface area is 179 Å². The first-order valence-electron chi connectivity index (χ1n) is 8.14. The Kier molecular flexibility index (Phi) is 6.14. The molecule has 0 aliphatic rings. The highest BCUT2D eigenvalue weighted by molar-refractivity contribution is 6.37. The Morgan fingerprint density at radius 3 is 2.40 bits per heavy atom. The zero-order chi connectivity index (χ0) is 21.8. The first kappa shape index (κ1) is 21.0. The third kappa shape index (κ3) is 4.83. The summed E-state index contributed by atoms with van der Waals surface area (Å²) in [7, 11) is 0. The molecule has 30 heavy (non-hydrogen) atoms. The molecular weight excluding hydrogens is 437 g/mol. The van der Waals surface area contributed by atoms with Gasteiger partial charge in [0.2, 0.25) is 5.88 Å². The minimum Gasteiger partial charge on any atom is -0.545 e. The molecule has 1 heterocycles. The number of hydrogen-bond donors (Lipinski definition) is 1. The predicted molar refractivity (Wildman–Crippen MR) is 106 cm³/mol. The van der Waals surface area contributed by atoms with Crippen molar-refractivity contribution in [2.75, 3.05) is 5.32 Å². The number of ether oxygens (including phenoxy) is 1. The van der Waals surface area contributed by atoms with Gasteiger partial charge in [-0.05, 0) is 36.4 Å². The van der Waals surface area contributed by atoms with Gasteiger partial charge in [-0.15, -0.1) is 0 Å². The highest BCUT2D eigenvalue weighted by Gasteiger charge is 2.15. The summed E-state index contributed by atoms with van der Waals surface area (Å²) in [4.78, 5) is 37.8. The number of hydrogen-bond acceptors (Lipinski definition) is 7. The number of aromatic carboxylic acids is 1. The summed E-state index contributed by atoms with van der Waals surface area (Å²) in [5, 5.41) is 25.1. The van der Waals surface area contributed by atoms with Gasteiger partial charge in [0.25, 0.3) is 11.6 Å². The number of nitro groups is 1. The second kappa shape index (κ2) is 8.76. The van der Waals surface area contributed by atoms with Crippen molar-refractivity contribution in [3.05, 3.63) is 86.0 Å². The van der Waals surface area contributed by atoms with Crippen LogP contribution in [0.1, 0.15) is 20.7 Å². The molecule has 1 aromatic heterocycles. The van der Waals surface area contributed by atoms with Gasteiger partial charge in [-0.25, -0.2) is 4.98 Å². The molecule has 9 nitrogen and oxygen atoms in total. The lowest BCUT2D eigenvalue weighted by Gasteiger charge is -2.14. The average Bonchev–Trinajstić information content (AvgIpc) is 2.69. The molecule has 3 rings (SSSR count). The van der Waals surface area contributed by atoms with Crippen molar-refractivity contribution in [1.82, 2.24) is 4.98 Å². The van der Waals surface area contributed by atoms with Crippen LogP contribution in [0.25, 0.3) is 0 Å². The Morgan fingerprint density at radius 2 is 1.80 bits per heavy atom. The van der Waals surface area contributed by atoms with Crippen LogP contribution in [0.15, 0.2) is 54.7 Å². The summed E-state index contributed by atoms with van der Waals surface area (Å²) in [6.45, 7) is 0. The van der Waals surface area contributed by atoms with Crippen molar-refractivity contribution in [2.45, 2.75) is 0 Å². The highest BCUT2D eigenvalue weighted by atomic mass is 35.5. The second-order valence-corrected chi connectivity index (χ2v) is 6.63. The number of carboxylic acids is 1. The van der Waals surface area contributed by atoms with E-state index in [1.54, 1.807) is 0 Å². The molecule has 0 saturated heterocycles. The van der Waals surface area contributed by atoms with Gasteiger partial charge in [-0.3, -0.25) is 14.9 Å². The van der Waals surface area contributed by atoms with Crippen LogP contribution in [0, 0.1) is 10.1 Å². The molecule has 0 spiro atoms. The maximum absolute atomic E-state index is 12.4. The highest BCUT2D eigenvalue weighted by Crippen LogP contribution is 2.28. The van der Waals surface area contributed by atoms with Crippen LogP contribution in [0.3, 0.4) is 0 Å². The molecule has 0 aliphatic heterocycles. The molecule has 0 aliphatic carbocycles. The maximum Gasteiger partial charge on any atom is 0.287 e. The van der Waals surface area contributed by atoms with E-state index in [1.165, 1.54) is 42.5 Å². The predicted octanol–water partition coefficient (Wildman–Crippen LogP) is 3.70. The Hall–Kier alpha value is -3.69. The van der Waals surface area contributed by atoms with E-state index < -0.39 is 16.8 Å². The first-order valence-corrected chi connectivity index (χ1v) is 8.90. The van der Waals surface area contributed by atoms with Crippen molar-refractivity contribution >= 4 is 46.5 Å². The van der Waals surface area contributed by atoms with Gasteiger partial charge >= 0.3 is 0 Å². The molecule has 11 heteroatoms. The Morgan fingerprint density at radius 1 is 1.03 bits per heavy atom. The fourth-order valence-corrected chi connectivity index (χ4v) is 2.88. The molecule has 0 fully saturated rings. The normalized spacial score (nSPS) is 10.3. The zero-order valence-electron chi connectivity index (χ0n) is 14.8. The van der Waals surface area contributed by atoms with Crippen LogP contribution < -0.4 is 15.2 Å². The Bertz CT molecular complexity index is 1150. The Balaban J connectivity index is 1.83. The molecule has 2 aromatic carbocycles. The third-order valence-corrected chi connectivity index (χ3v) is 4.34. The van der Waals surface area contributed by atoms with Gasteiger partial charge in [0, 0.05) is 22.7 Å². The lowest BCUT2D eigenvalue weighted by Crippen LogP contribution is -2.25. The van der Waals surface area contributed by atoms with Gasteiger partial charge in [-0.2, -0.15) is 0 Å². The zero-order valence-corrected chi connectivity index (χ0v) is 16.3. The molecule has 3 aromatic rings. The number of amides is 1. The number of nitrogens with one attached hydrogen (secondary N) is 1. The van der Waals surface area contributed by atoms with E-state index in [-0.39, 0.29) is 39.2 Å². The summed E-state index contributed by atoms with van der Waals surface area (Å²) >= 11 is 11.8. The number of anilines is 1. The van der Waals surface area contributed by atoms with Crippen molar-refractivity contribution in [3.8, 4) is 11.6 Å². The van der Waals surface area contributed by atoms with Crippen LogP contribution in [0.2, 0.25) is 10.0 Å². The van der Waals surface area contributed by atoms with Crippen LogP contribution in [0.4, 0.5) is 11.4 Å². The monoisotopic (exact) mass is 446 g/mol. The van der Waals surface area contributed by atoms with E-state index in [0.29, 0.717) is 5.02 Å². The molecule has 0 saturated carbocycles. The minimum atomic E-state index is -1.56. The third-order valence-electron chi connectivity index (χ3n) is 3.79. The topological polar surface area (TPSA) is 134 Å². The fraction of sp³-hybridized carbons (Fsp3) is 0. The van der Waals surface area contributed by atoms with Gasteiger partial charge in [0.05, 0.1) is 27.2 Å². The molecule has 0 unspecified atom stereocenters. The second-order valence-electron chi connectivity index (χ2n) is 5.79. The number of carbonyl (C=O) groups excluding carboxylic acids is 2. The quantitative estimate of drug-likeness (QED) is 0.450. The van der Waals surface area contributed by atoms with E-state index in [0.717, 1.165) is 12.3 Å². The number of nitrogens with zero attached hydrogens (tertiary/aromatic N) is 2.